The number of aromatic nitrogens is 2. The number of Topliss-reactive ketones (excluding diaryl/α,β-unsaturated/α-hetero) is 1. The summed E-state index contributed by atoms with van der Waals surface area (Å²) in [7, 11) is 2.05. The second-order valence-corrected chi connectivity index (χ2v) is 6.28. The number of aryl methyl sites for hydroxylation is 1. The lowest BCUT2D eigenvalue weighted by Gasteiger charge is -2.30. The van der Waals surface area contributed by atoms with Gasteiger partial charge in [-0.25, -0.2) is 9.97 Å². The maximum absolute atomic E-state index is 12.6. The molecule has 0 saturated heterocycles. The summed E-state index contributed by atoms with van der Waals surface area (Å²) < 4.78 is 0. The molecule has 0 spiro atoms. The van der Waals surface area contributed by atoms with Crippen LogP contribution < -0.4 is 0 Å². The van der Waals surface area contributed by atoms with E-state index in [1.165, 1.54) is 32.1 Å². The Hall–Kier alpha value is -1.81. The topological polar surface area (TPSA) is 46.1 Å². The zero-order chi connectivity index (χ0) is 15.5. The number of para-hydroxylation sites is 2. The fourth-order valence-electron chi connectivity index (χ4n) is 3.30. The molecule has 22 heavy (non-hydrogen) atoms. The van der Waals surface area contributed by atoms with Gasteiger partial charge >= 0.3 is 0 Å². The molecular weight excluding hydrogens is 274 g/mol. The summed E-state index contributed by atoms with van der Waals surface area (Å²) in [6, 6.07) is 8.23. The predicted octanol–water partition coefficient (Wildman–Crippen LogP) is 3.39. The molecule has 3 rings (SSSR count). The SMILES string of the molecule is Cc1nc2ccccc2nc1C(=O)CN(C)C1CCCCC1. The molecule has 4 nitrogen and oxygen atoms in total. The number of hydrogen-bond donors (Lipinski definition) is 0. The zero-order valence-electron chi connectivity index (χ0n) is 13.4. The Morgan fingerprint density at radius 3 is 2.45 bits per heavy atom. The van der Waals surface area contributed by atoms with Crippen molar-refractivity contribution in [2.24, 2.45) is 0 Å². The highest BCUT2D eigenvalue weighted by Crippen LogP contribution is 2.22. The van der Waals surface area contributed by atoms with Crippen molar-refractivity contribution in [2.45, 2.75) is 45.1 Å². The Kier molecular flexibility index (Phi) is 4.48. The summed E-state index contributed by atoms with van der Waals surface area (Å²) >= 11 is 0. The van der Waals surface area contributed by atoms with Gasteiger partial charge in [0.25, 0.3) is 0 Å². The van der Waals surface area contributed by atoms with Crippen LogP contribution in [0.15, 0.2) is 24.3 Å². The minimum atomic E-state index is 0.0730. The van der Waals surface area contributed by atoms with Gasteiger partial charge in [0.05, 0.1) is 23.3 Å². The molecule has 1 heterocycles. The fraction of sp³-hybridized carbons (Fsp3) is 0.500. The largest absolute Gasteiger partial charge is 0.296 e. The van der Waals surface area contributed by atoms with Crippen LogP contribution in [0.1, 0.15) is 48.3 Å². The fourth-order valence-corrected chi connectivity index (χ4v) is 3.30. The number of benzene rings is 1. The van der Waals surface area contributed by atoms with Crippen molar-refractivity contribution in [3.63, 3.8) is 0 Å². The van der Waals surface area contributed by atoms with E-state index in [0.29, 0.717) is 18.3 Å². The third-order valence-corrected chi connectivity index (χ3v) is 4.60. The smallest absolute Gasteiger partial charge is 0.196 e. The first kappa shape index (κ1) is 15.1. The molecule has 1 aromatic heterocycles. The van der Waals surface area contributed by atoms with E-state index in [1.54, 1.807) is 0 Å². The third-order valence-electron chi connectivity index (χ3n) is 4.60. The number of carbonyl (C=O) groups excluding carboxylic acids is 1. The van der Waals surface area contributed by atoms with E-state index in [2.05, 4.69) is 21.9 Å². The quantitative estimate of drug-likeness (QED) is 0.812. The molecule has 2 aromatic rings. The normalized spacial score (nSPS) is 16.3. The molecule has 1 fully saturated rings. The summed E-state index contributed by atoms with van der Waals surface area (Å²) in [5.74, 6) is 0.0730. The first-order valence-electron chi connectivity index (χ1n) is 8.12. The second kappa shape index (κ2) is 6.53. The highest BCUT2D eigenvalue weighted by atomic mass is 16.1. The number of likely N-dealkylation sites (N-methyl/N-ethyl adjacent to an activating group) is 1. The van der Waals surface area contributed by atoms with E-state index in [0.717, 1.165) is 16.7 Å². The van der Waals surface area contributed by atoms with Crippen LogP contribution in [-0.2, 0) is 0 Å². The van der Waals surface area contributed by atoms with Gasteiger partial charge in [-0.1, -0.05) is 31.4 Å². The van der Waals surface area contributed by atoms with Crippen molar-refractivity contribution >= 4 is 16.8 Å². The van der Waals surface area contributed by atoms with Crippen LogP contribution in [-0.4, -0.2) is 40.3 Å². The van der Waals surface area contributed by atoms with Crippen LogP contribution >= 0.6 is 0 Å². The maximum atomic E-state index is 12.6. The lowest BCUT2D eigenvalue weighted by Crippen LogP contribution is -2.37. The van der Waals surface area contributed by atoms with Gasteiger partial charge in [-0.15, -0.1) is 0 Å². The Labute approximate surface area is 131 Å². The van der Waals surface area contributed by atoms with Gasteiger partial charge in [-0.3, -0.25) is 9.69 Å². The molecule has 0 aliphatic heterocycles. The Bertz CT molecular complexity index is 677. The molecule has 0 bridgehead atoms. The summed E-state index contributed by atoms with van der Waals surface area (Å²) in [5, 5.41) is 0. The lowest BCUT2D eigenvalue weighted by molar-refractivity contribution is 0.0894. The number of nitrogens with zero attached hydrogens (tertiary/aromatic N) is 3. The van der Waals surface area contributed by atoms with E-state index >= 15 is 0 Å². The van der Waals surface area contributed by atoms with Crippen molar-refractivity contribution in [1.29, 1.82) is 0 Å². The summed E-state index contributed by atoms with van der Waals surface area (Å²) in [6.07, 6.45) is 6.28. The van der Waals surface area contributed by atoms with Crippen LogP contribution in [0.3, 0.4) is 0 Å². The number of ketones is 1. The molecule has 0 unspecified atom stereocenters. The second-order valence-electron chi connectivity index (χ2n) is 6.28. The van der Waals surface area contributed by atoms with E-state index in [1.807, 2.05) is 31.2 Å². The van der Waals surface area contributed by atoms with Crippen molar-refractivity contribution in [2.75, 3.05) is 13.6 Å². The van der Waals surface area contributed by atoms with E-state index < -0.39 is 0 Å². The van der Waals surface area contributed by atoms with Crippen LogP contribution in [0.5, 0.6) is 0 Å². The molecule has 4 heteroatoms. The Balaban J connectivity index is 1.78. The third kappa shape index (κ3) is 3.17. The molecular formula is C18H23N3O. The van der Waals surface area contributed by atoms with E-state index in [-0.39, 0.29) is 5.78 Å². The monoisotopic (exact) mass is 297 g/mol. The van der Waals surface area contributed by atoms with Crippen LogP contribution in [0.25, 0.3) is 11.0 Å². The van der Waals surface area contributed by atoms with Crippen molar-refractivity contribution in [1.82, 2.24) is 14.9 Å². The predicted molar refractivity (Wildman–Crippen MR) is 88.1 cm³/mol. The highest BCUT2D eigenvalue weighted by molar-refractivity contribution is 5.98. The minimum Gasteiger partial charge on any atom is -0.296 e. The van der Waals surface area contributed by atoms with Gasteiger partial charge in [0.1, 0.15) is 5.69 Å². The summed E-state index contributed by atoms with van der Waals surface area (Å²) in [5.41, 5.74) is 2.87. The Morgan fingerprint density at radius 1 is 1.14 bits per heavy atom. The first-order valence-corrected chi connectivity index (χ1v) is 8.12. The molecule has 1 saturated carbocycles. The molecule has 1 aliphatic rings. The molecule has 0 N–H and O–H groups in total. The molecule has 1 aliphatic carbocycles. The molecule has 0 amide bonds. The van der Waals surface area contributed by atoms with E-state index in [4.69, 9.17) is 0 Å². The zero-order valence-corrected chi connectivity index (χ0v) is 13.4. The molecule has 1 aromatic carbocycles. The number of fused-ring (bicyclic) bond motifs is 1. The van der Waals surface area contributed by atoms with Gasteiger partial charge in [-0.2, -0.15) is 0 Å². The van der Waals surface area contributed by atoms with Crippen molar-refractivity contribution in [3.8, 4) is 0 Å². The van der Waals surface area contributed by atoms with E-state index in [9.17, 15) is 4.79 Å². The molecule has 116 valence electrons. The number of carbonyl (C=O) groups is 1. The number of hydrogen-bond acceptors (Lipinski definition) is 4. The van der Waals surface area contributed by atoms with Gasteiger partial charge in [0, 0.05) is 6.04 Å². The first-order chi connectivity index (χ1) is 10.6. The van der Waals surface area contributed by atoms with Crippen LogP contribution in [0, 0.1) is 6.92 Å². The van der Waals surface area contributed by atoms with Gasteiger partial charge in [0.15, 0.2) is 5.78 Å². The van der Waals surface area contributed by atoms with Crippen LogP contribution in [0.2, 0.25) is 0 Å². The summed E-state index contributed by atoms with van der Waals surface area (Å²) in [6.45, 7) is 2.30. The average molecular weight is 297 g/mol. The number of rotatable bonds is 4. The van der Waals surface area contributed by atoms with Gasteiger partial charge in [0.2, 0.25) is 0 Å². The minimum absolute atomic E-state index is 0.0730. The highest BCUT2D eigenvalue weighted by Gasteiger charge is 2.22. The van der Waals surface area contributed by atoms with Gasteiger partial charge < -0.3 is 0 Å². The van der Waals surface area contributed by atoms with Crippen molar-refractivity contribution < 1.29 is 4.79 Å². The molecule has 0 atom stereocenters. The maximum Gasteiger partial charge on any atom is 0.196 e. The van der Waals surface area contributed by atoms with Crippen molar-refractivity contribution in [3.05, 3.63) is 35.7 Å². The summed E-state index contributed by atoms with van der Waals surface area (Å²) in [4.78, 5) is 23.9. The van der Waals surface area contributed by atoms with Gasteiger partial charge in [-0.05, 0) is 38.9 Å². The lowest BCUT2D eigenvalue weighted by atomic mass is 9.94. The molecule has 0 radical (unpaired) electrons. The average Bonchev–Trinajstić information content (AvgIpc) is 2.54. The standard InChI is InChI=1S/C18H23N3O/c1-13-18(20-16-11-7-6-10-15(16)19-13)17(22)12-21(2)14-8-4-3-5-9-14/h6-7,10-11,14H,3-5,8-9,12H2,1-2H3. The van der Waals surface area contributed by atoms with Crippen LogP contribution in [0.4, 0.5) is 0 Å². The Morgan fingerprint density at radius 2 is 1.77 bits per heavy atom.